The van der Waals surface area contributed by atoms with Crippen LogP contribution in [0.5, 0.6) is 0 Å². The van der Waals surface area contributed by atoms with Crippen LogP contribution in [0.15, 0.2) is 41.4 Å². The van der Waals surface area contributed by atoms with Crippen LogP contribution in [-0.2, 0) is 17.4 Å². The first-order valence-electron chi connectivity index (χ1n) is 10.3. The van der Waals surface area contributed by atoms with Gasteiger partial charge in [-0.25, -0.2) is 0 Å². The van der Waals surface area contributed by atoms with Gasteiger partial charge in [0.1, 0.15) is 0 Å². The van der Waals surface area contributed by atoms with Gasteiger partial charge in [0.15, 0.2) is 5.17 Å². The molecule has 7 heteroatoms. The molecule has 1 amide bonds. The lowest BCUT2D eigenvalue weighted by Crippen LogP contribution is -2.31. The maximum Gasteiger partial charge on any atom is 0.416 e. The van der Waals surface area contributed by atoms with Gasteiger partial charge >= 0.3 is 6.18 Å². The SMILES string of the molecule is CCC(=O)N1CCSC1=NC(Cc1cc(C)cc(C)c1)c1cccc(C(F)(F)F)c1C. The van der Waals surface area contributed by atoms with E-state index in [9.17, 15) is 18.0 Å². The van der Waals surface area contributed by atoms with Gasteiger partial charge in [-0.3, -0.25) is 14.7 Å². The maximum atomic E-state index is 13.6. The minimum atomic E-state index is -4.43. The Morgan fingerprint density at radius 3 is 2.45 bits per heavy atom. The summed E-state index contributed by atoms with van der Waals surface area (Å²) in [5.41, 5.74) is 3.29. The van der Waals surface area contributed by atoms with Gasteiger partial charge in [0.2, 0.25) is 5.91 Å². The van der Waals surface area contributed by atoms with Crippen LogP contribution in [0.4, 0.5) is 13.2 Å². The van der Waals surface area contributed by atoms with Gasteiger partial charge in [0.25, 0.3) is 0 Å². The number of hydrogen-bond donors (Lipinski definition) is 0. The minimum absolute atomic E-state index is 0.0188. The molecule has 2 aromatic carbocycles. The number of rotatable bonds is 5. The fourth-order valence-corrected chi connectivity index (χ4v) is 5.03. The summed E-state index contributed by atoms with van der Waals surface area (Å²) in [5.74, 6) is 0.720. The summed E-state index contributed by atoms with van der Waals surface area (Å²) in [6.07, 6.45) is -3.60. The number of halogens is 3. The van der Waals surface area contributed by atoms with E-state index in [-0.39, 0.29) is 11.5 Å². The normalized spacial score (nSPS) is 16.7. The number of carbonyl (C=O) groups excluding carboxylic acids is 1. The Morgan fingerprint density at radius 2 is 1.84 bits per heavy atom. The van der Waals surface area contributed by atoms with Crippen LogP contribution in [-0.4, -0.2) is 28.3 Å². The molecular formula is C24H27F3N2OS. The van der Waals surface area contributed by atoms with Crippen molar-refractivity contribution in [2.45, 2.75) is 52.8 Å². The summed E-state index contributed by atoms with van der Waals surface area (Å²) in [5, 5.41) is 0.595. The number of carbonyl (C=O) groups is 1. The lowest BCUT2D eigenvalue weighted by molar-refractivity contribution is -0.138. The third-order valence-electron chi connectivity index (χ3n) is 5.40. The molecule has 0 aliphatic carbocycles. The number of aryl methyl sites for hydroxylation is 2. The van der Waals surface area contributed by atoms with Crippen LogP contribution in [0.1, 0.15) is 52.8 Å². The van der Waals surface area contributed by atoms with E-state index in [1.54, 1.807) is 17.9 Å². The van der Waals surface area contributed by atoms with Crippen molar-refractivity contribution in [2.24, 2.45) is 4.99 Å². The van der Waals surface area contributed by atoms with Crippen molar-refractivity contribution in [3.63, 3.8) is 0 Å². The summed E-state index contributed by atoms with van der Waals surface area (Å²) in [7, 11) is 0. The highest BCUT2D eigenvalue weighted by Crippen LogP contribution is 2.37. The van der Waals surface area contributed by atoms with Crippen LogP contribution < -0.4 is 0 Å². The van der Waals surface area contributed by atoms with E-state index >= 15 is 0 Å². The third-order valence-corrected chi connectivity index (χ3v) is 6.37. The zero-order valence-corrected chi connectivity index (χ0v) is 19.0. The van der Waals surface area contributed by atoms with Crippen molar-refractivity contribution in [3.8, 4) is 0 Å². The molecule has 1 aliphatic rings. The molecule has 0 saturated carbocycles. The molecule has 31 heavy (non-hydrogen) atoms. The third kappa shape index (κ3) is 5.50. The fraction of sp³-hybridized carbons (Fsp3) is 0.417. The molecule has 1 saturated heterocycles. The van der Waals surface area contributed by atoms with Crippen LogP contribution >= 0.6 is 11.8 Å². The maximum absolute atomic E-state index is 13.6. The van der Waals surface area contributed by atoms with Crippen molar-refractivity contribution >= 4 is 22.8 Å². The molecule has 1 atom stereocenters. The zero-order chi connectivity index (χ0) is 22.8. The van der Waals surface area contributed by atoms with Crippen LogP contribution in [0, 0.1) is 20.8 Å². The number of thioether (sulfide) groups is 1. The van der Waals surface area contributed by atoms with Crippen LogP contribution in [0.3, 0.4) is 0 Å². The Hall–Kier alpha value is -2.28. The highest BCUT2D eigenvalue weighted by atomic mass is 32.2. The number of nitrogens with zero attached hydrogens (tertiary/aromatic N) is 2. The van der Waals surface area contributed by atoms with E-state index in [1.165, 1.54) is 24.8 Å². The molecule has 1 fully saturated rings. The molecule has 166 valence electrons. The van der Waals surface area contributed by atoms with Crippen LogP contribution in [0.25, 0.3) is 0 Å². The predicted octanol–water partition coefficient (Wildman–Crippen LogP) is 6.26. The fourth-order valence-electron chi connectivity index (χ4n) is 4.02. The molecule has 0 bridgehead atoms. The van der Waals surface area contributed by atoms with E-state index < -0.39 is 17.8 Å². The smallest absolute Gasteiger partial charge is 0.291 e. The van der Waals surface area contributed by atoms with Gasteiger partial charge in [-0.1, -0.05) is 60.1 Å². The van der Waals surface area contributed by atoms with Gasteiger partial charge in [-0.15, -0.1) is 0 Å². The zero-order valence-electron chi connectivity index (χ0n) is 18.2. The molecule has 1 heterocycles. The summed E-state index contributed by atoms with van der Waals surface area (Å²) < 4.78 is 40.7. The minimum Gasteiger partial charge on any atom is -0.291 e. The second-order valence-electron chi connectivity index (χ2n) is 7.89. The Kier molecular flexibility index (Phi) is 7.14. The van der Waals surface area contributed by atoms with Gasteiger partial charge in [-0.2, -0.15) is 13.2 Å². The second kappa shape index (κ2) is 9.47. The summed E-state index contributed by atoms with van der Waals surface area (Å²) in [6.45, 7) is 7.88. The summed E-state index contributed by atoms with van der Waals surface area (Å²) in [6, 6.07) is 9.89. The Labute approximate surface area is 185 Å². The highest BCUT2D eigenvalue weighted by Gasteiger charge is 2.34. The molecule has 1 aliphatic heterocycles. The van der Waals surface area contributed by atoms with E-state index in [4.69, 9.17) is 4.99 Å². The van der Waals surface area contributed by atoms with Gasteiger partial charge in [0, 0.05) is 18.7 Å². The van der Waals surface area contributed by atoms with E-state index in [1.807, 2.05) is 26.0 Å². The molecular weight excluding hydrogens is 421 g/mol. The predicted molar refractivity (Wildman–Crippen MR) is 120 cm³/mol. The van der Waals surface area contributed by atoms with Gasteiger partial charge in [-0.05, 0) is 49.9 Å². The molecule has 1 unspecified atom stereocenters. The largest absolute Gasteiger partial charge is 0.416 e. The Bertz CT molecular complexity index is 981. The number of aliphatic imine (C=N–C) groups is 1. The monoisotopic (exact) mass is 448 g/mol. The van der Waals surface area contributed by atoms with Crippen molar-refractivity contribution in [1.29, 1.82) is 0 Å². The first-order valence-corrected chi connectivity index (χ1v) is 11.3. The molecule has 3 nitrogen and oxygen atoms in total. The quantitative estimate of drug-likeness (QED) is 0.541. The van der Waals surface area contributed by atoms with Crippen molar-refractivity contribution < 1.29 is 18.0 Å². The lowest BCUT2D eigenvalue weighted by atomic mass is 9.92. The van der Waals surface area contributed by atoms with Gasteiger partial charge < -0.3 is 0 Å². The van der Waals surface area contributed by atoms with Crippen molar-refractivity contribution in [3.05, 3.63) is 69.8 Å². The van der Waals surface area contributed by atoms with E-state index in [2.05, 4.69) is 6.07 Å². The van der Waals surface area contributed by atoms with E-state index in [0.29, 0.717) is 30.1 Å². The average molecular weight is 449 g/mol. The Balaban J connectivity index is 2.09. The van der Waals surface area contributed by atoms with E-state index in [0.717, 1.165) is 28.5 Å². The number of alkyl halides is 3. The average Bonchev–Trinajstić information content (AvgIpc) is 3.13. The molecule has 3 rings (SSSR count). The number of amides is 1. The molecule has 0 N–H and O–H groups in total. The topological polar surface area (TPSA) is 32.7 Å². The van der Waals surface area contributed by atoms with Crippen LogP contribution in [0.2, 0.25) is 0 Å². The number of benzene rings is 2. The first kappa shape index (κ1) is 23.4. The van der Waals surface area contributed by atoms with Crippen molar-refractivity contribution in [2.75, 3.05) is 12.3 Å². The molecule has 0 spiro atoms. The number of hydrogen-bond acceptors (Lipinski definition) is 3. The van der Waals surface area contributed by atoms with Gasteiger partial charge in [0.05, 0.1) is 11.6 Å². The number of amidine groups is 1. The summed E-state index contributed by atoms with van der Waals surface area (Å²) >= 11 is 1.48. The van der Waals surface area contributed by atoms with Crippen molar-refractivity contribution in [1.82, 2.24) is 4.90 Å². The summed E-state index contributed by atoms with van der Waals surface area (Å²) in [4.78, 5) is 18.8. The Morgan fingerprint density at radius 1 is 1.16 bits per heavy atom. The highest BCUT2D eigenvalue weighted by molar-refractivity contribution is 8.14. The molecule has 0 radical (unpaired) electrons. The first-order chi connectivity index (χ1) is 14.6. The molecule has 0 aromatic heterocycles. The second-order valence-corrected chi connectivity index (χ2v) is 8.95. The standard InChI is InChI=1S/C24H27F3N2OS/c1-5-22(30)29-9-10-31-23(29)28-21(14-18-12-15(2)11-16(3)13-18)19-7-6-8-20(17(19)4)24(25,26)27/h6-8,11-13,21H,5,9-10,14H2,1-4H3. The molecule has 2 aromatic rings. The lowest BCUT2D eigenvalue weighted by Gasteiger charge is -2.22.